The third kappa shape index (κ3) is 2.13. The second-order valence-electron chi connectivity index (χ2n) is 4.52. The normalized spacial score (nSPS) is 12.2. The smallest absolute Gasteiger partial charge is 0.205 e. The van der Waals surface area contributed by atoms with Crippen LogP contribution in [-0.4, -0.2) is 23.9 Å². The molecular weight excluding hydrogens is 316 g/mol. The van der Waals surface area contributed by atoms with Gasteiger partial charge in [0.05, 0.1) is 23.0 Å². The molecule has 0 aliphatic carbocycles. The van der Waals surface area contributed by atoms with Gasteiger partial charge in [0, 0.05) is 9.72 Å². The molecule has 3 rings (SSSR count). The van der Waals surface area contributed by atoms with Crippen LogP contribution in [-0.2, 0) is 10.0 Å². The van der Waals surface area contributed by atoms with E-state index in [-0.39, 0.29) is 0 Å². The van der Waals surface area contributed by atoms with Gasteiger partial charge < -0.3 is 0 Å². The van der Waals surface area contributed by atoms with E-state index in [2.05, 4.69) is 5.10 Å². The minimum Gasteiger partial charge on any atom is -0.205 e. The molecule has 104 valence electrons. The molecule has 0 fully saturated rings. The zero-order chi connectivity index (χ0) is 14.5. The van der Waals surface area contributed by atoms with Crippen LogP contribution in [0.3, 0.4) is 0 Å². The summed E-state index contributed by atoms with van der Waals surface area (Å²) in [6, 6.07) is 7.38. The Labute approximate surface area is 125 Å². The molecular formula is C13H11ClN2O2S2. The van der Waals surface area contributed by atoms with Crippen LogP contribution in [0, 0.1) is 6.92 Å². The molecule has 0 spiro atoms. The lowest BCUT2D eigenvalue weighted by atomic mass is 10.1. The number of hydrogen-bond donors (Lipinski definition) is 0. The van der Waals surface area contributed by atoms with Gasteiger partial charge in [-0.15, -0.1) is 11.3 Å². The summed E-state index contributed by atoms with van der Waals surface area (Å²) in [5.74, 6) is 0. The minimum atomic E-state index is -3.41. The molecule has 0 saturated carbocycles. The Morgan fingerprint density at radius 3 is 2.75 bits per heavy atom. The molecule has 3 aromatic rings. The first kappa shape index (κ1) is 13.6. The third-order valence-electron chi connectivity index (χ3n) is 3.06. The maximum atomic E-state index is 11.8. The molecule has 0 N–H and O–H groups in total. The van der Waals surface area contributed by atoms with E-state index in [1.54, 1.807) is 6.07 Å². The number of nitrogens with zero attached hydrogens (tertiary/aromatic N) is 2. The van der Waals surface area contributed by atoms with Gasteiger partial charge in [0.25, 0.3) is 10.0 Å². The van der Waals surface area contributed by atoms with Gasteiger partial charge in [0.15, 0.2) is 0 Å². The fourth-order valence-electron chi connectivity index (χ4n) is 2.15. The first-order chi connectivity index (χ1) is 9.38. The van der Waals surface area contributed by atoms with Crippen molar-refractivity contribution in [2.75, 3.05) is 6.26 Å². The van der Waals surface area contributed by atoms with Crippen molar-refractivity contribution in [3.05, 3.63) is 41.0 Å². The molecule has 0 aliphatic heterocycles. The summed E-state index contributed by atoms with van der Waals surface area (Å²) in [5, 5.41) is 5.61. The molecule has 7 heteroatoms. The molecule has 2 aromatic heterocycles. The summed E-state index contributed by atoms with van der Waals surface area (Å²) in [6.45, 7) is 1.96. The highest BCUT2D eigenvalue weighted by Gasteiger charge is 2.18. The van der Waals surface area contributed by atoms with Crippen LogP contribution in [0.1, 0.15) is 5.56 Å². The van der Waals surface area contributed by atoms with E-state index in [1.807, 2.05) is 25.1 Å². The SMILES string of the molecule is Cc1c(-c2ccnn2S(C)(=O)=O)sc2ccc(Cl)cc12. The van der Waals surface area contributed by atoms with E-state index in [0.717, 1.165) is 30.9 Å². The van der Waals surface area contributed by atoms with Gasteiger partial charge in [0.2, 0.25) is 0 Å². The molecule has 0 atom stereocenters. The van der Waals surface area contributed by atoms with E-state index >= 15 is 0 Å². The second-order valence-corrected chi connectivity index (χ2v) is 7.82. The Kier molecular flexibility index (Phi) is 3.12. The van der Waals surface area contributed by atoms with Crippen LogP contribution in [0.2, 0.25) is 5.02 Å². The summed E-state index contributed by atoms with van der Waals surface area (Å²) in [6.07, 6.45) is 2.64. The van der Waals surface area contributed by atoms with E-state index in [1.165, 1.54) is 17.5 Å². The summed E-state index contributed by atoms with van der Waals surface area (Å²) >= 11 is 7.56. The average molecular weight is 327 g/mol. The number of aromatic nitrogens is 2. The summed E-state index contributed by atoms with van der Waals surface area (Å²) in [5.41, 5.74) is 1.60. The Hall–Kier alpha value is -1.37. The molecule has 0 saturated heterocycles. The number of aryl methyl sites for hydroxylation is 1. The van der Waals surface area contributed by atoms with Crippen LogP contribution in [0.15, 0.2) is 30.5 Å². The Morgan fingerprint density at radius 2 is 2.05 bits per heavy atom. The molecule has 0 radical (unpaired) electrons. The zero-order valence-corrected chi connectivity index (χ0v) is 13.2. The standard InChI is InChI=1S/C13H11ClN2O2S2/c1-8-10-7-9(14)3-4-12(10)19-13(8)11-5-6-15-16(11)20(2,17)18/h3-7H,1-2H3. The Balaban J connectivity index is 2.31. The van der Waals surface area contributed by atoms with Crippen molar-refractivity contribution in [3.63, 3.8) is 0 Å². The molecule has 0 aliphatic rings. The van der Waals surface area contributed by atoms with Gasteiger partial charge in [-0.3, -0.25) is 0 Å². The van der Waals surface area contributed by atoms with Gasteiger partial charge in [-0.25, -0.2) is 8.42 Å². The first-order valence-corrected chi connectivity index (χ1v) is 8.86. The van der Waals surface area contributed by atoms with Crippen molar-refractivity contribution in [2.45, 2.75) is 6.92 Å². The van der Waals surface area contributed by atoms with Crippen LogP contribution in [0.25, 0.3) is 20.7 Å². The third-order valence-corrected chi connectivity index (χ3v) is 5.50. The van der Waals surface area contributed by atoms with E-state index in [9.17, 15) is 8.42 Å². The predicted octanol–water partition coefficient (Wildman–Crippen LogP) is 3.53. The number of rotatable bonds is 2. The topological polar surface area (TPSA) is 52.0 Å². The quantitative estimate of drug-likeness (QED) is 0.724. The lowest BCUT2D eigenvalue weighted by Crippen LogP contribution is -2.12. The van der Waals surface area contributed by atoms with Crippen molar-refractivity contribution < 1.29 is 8.42 Å². The number of halogens is 1. The second kappa shape index (κ2) is 4.58. The van der Waals surface area contributed by atoms with Crippen molar-refractivity contribution >= 4 is 43.0 Å². The maximum absolute atomic E-state index is 11.8. The molecule has 0 bridgehead atoms. The average Bonchev–Trinajstić information content (AvgIpc) is 2.94. The predicted molar refractivity (Wildman–Crippen MR) is 83.0 cm³/mol. The van der Waals surface area contributed by atoms with Crippen molar-refractivity contribution in [1.82, 2.24) is 9.19 Å². The lowest BCUT2D eigenvalue weighted by Gasteiger charge is -2.03. The van der Waals surface area contributed by atoms with Gasteiger partial charge in [-0.1, -0.05) is 11.6 Å². The largest absolute Gasteiger partial charge is 0.251 e. The highest BCUT2D eigenvalue weighted by Crippen LogP contribution is 2.39. The van der Waals surface area contributed by atoms with Crippen molar-refractivity contribution in [3.8, 4) is 10.6 Å². The number of fused-ring (bicyclic) bond motifs is 1. The highest BCUT2D eigenvalue weighted by molar-refractivity contribution is 7.89. The number of benzene rings is 1. The molecule has 0 amide bonds. The lowest BCUT2D eigenvalue weighted by molar-refractivity contribution is 0.587. The molecule has 0 unspecified atom stereocenters. The monoisotopic (exact) mass is 326 g/mol. The van der Waals surface area contributed by atoms with E-state index in [4.69, 9.17) is 11.6 Å². The summed E-state index contributed by atoms with van der Waals surface area (Å²) in [7, 11) is -3.41. The van der Waals surface area contributed by atoms with Gasteiger partial charge >= 0.3 is 0 Å². The number of thiophene rings is 1. The van der Waals surface area contributed by atoms with Crippen LogP contribution >= 0.6 is 22.9 Å². The van der Waals surface area contributed by atoms with Crippen LogP contribution in [0.5, 0.6) is 0 Å². The summed E-state index contributed by atoms with van der Waals surface area (Å²) < 4.78 is 25.6. The Morgan fingerprint density at radius 1 is 1.30 bits per heavy atom. The van der Waals surface area contributed by atoms with Crippen LogP contribution < -0.4 is 0 Å². The Bertz CT molecular complexity index is 910. The minimum absolute atomic E-state index is 0.585. The zero-order valence-electron chi connectivity index (χ0n) is 10.8. The van der Waals surface area contributed by atoms with E-state index < -0.39 is 10.0 Å². The highest BCUT2D eigenvalue weighted by atomic mass is 35.5. The van der Waals surface area contributed by atoms with Crippen molar-refractivity contribution in [1.29, 1.82) is 0 Å². The fourth-order valence-corrected chi connectivity index (χ4v) is 4.32. The maximum Gasteiger partial charge on any atom is 0.251 e. The summed E-state index contributed by atoms with van der Waals surface area (Å²) in [4.78, 5) is 0.894. The van der Waals surface area contributed by atoms with Gasteiger partial charge in [-0.2, -0.15) is 9.19 Å². The molecule has 4 nitrogen and oxygen atoms in total. The van der Waals surface area contributed by atoms with Gasteiger partial charge in [-0.05, 0) is 42.1 Å². The van der Waals surface area contributed by atoms with Crippen molar-refractivity contribution in [2.24, 2.45) is 0 Å². The first-order valence-electron chi connectivity index (χ1n) is 5.81. The fraction of sp³-hybridized carbons (Fsp3) is 0.154. The number of hydrogen-bond acceptors (Lipinski definition) is 4. The molecule has 2 heterocycles. The van der Waals surface area contributed by atoms with E-state index in [0.29, 0.717) is 10.7 Å². The molecule has 20 heavy (non-hydrogen) atoms. The van der Waals surface area contributed by atoms with Crippen LogP contribution in [0.4, 0.5) is 0 Å². The van der Waals surface area contributed by atoms with Gasteiger partial charge in [0.1, 0.15) is 0 Å². The molecule has 1 aromatic carbocycles.